The minimum Gasteiger partial charge on any atom is -0.330 e. The van der Waals surface area contributed by atoms with Gasteiger partial charge in [0, 0.05) is 6.04 Å². The van der Waals surface area contributed by atoms with Gasteiger partial charge in [-0.25, -0.2) is 0 Å². The van der Waals surface area contributed by atoms with Crippen LogP contribution in [0.2, 0.25) is 0 Å². The summed E-state index contributed by atoms with van der Waals surface area (Å²) in [7, 11) is 4.30. The van der Waals surface area contributed by atoms with Gasteiger partial charge < -0.3 is 10.6 Å². The van der Waals surface area contributed by atoms with E-state index in [0.717, 1.165) is 19.4 Å². The van der Waals surface area contributed by atoms with Gasteiger partial charge in [-0.05, 0) is 56.4 Å². The van der Waals surface area contributed by atoms with Crippen LogP contribution >= 0.6 is 0 Å². The van der Waals surface area contributed by atoms with Gasteiger partial charge in [0.1, 0.15) is 0 Å². The minimum absolute atomic E-state index is 0.464. The fraction of sp³-hybridized carbons (Fsp3) is 0.647. The number of nitrogens with two attached hydrogens (primary N) is 1. The van der Waals surface area contributed by atoms with E-state index in [9.17, 15) is 0 Å². The summed E-state index contributed by atoms with van der Waals surface area (Å²) in [5.74, 6) is 1.27. The lowest BCUT2D eigenvalue weighted by molar-refractivity contribution is 0.255. The molecule has 0 heterocycles. The first-order valence-electron chi connectivity index (χ1n) is 7.39. The molecule has 19 heavy (non-hydrogen) atoms. The van der Waals surface area contributed by atoms with Crippen molar-refractivity contribution in [3.8, 4) is 0 Å². The molecule has 0 saturated carbocycles. The highest BCUT2D eigenvalue weighted by atomic mass is 15.1. The summed E-state index contributed by atoms with van der Waals surface area (Å²) in [5, 5.41) is 0. The van der Waals surface area contributed by atoms with E-state index >= 15 is 0 Å². The fourth-order valence-corrected chi connectivity index (χ4v) is 2.47. The maximum absolute atomic E-state index is 5.76. The highest BCUT2D eigenvalue weighted by Crippen LogP contribution is 2.26. The second kappa shape index (κ2) is 7.66. The SMILES string of the molecule is CC(C)Cc1ccc(C(CC(C)CN)N(C)C)cc1. The van der Waals surface area contributed by atoms with Crippen molar-refractivity contribution in [3.63, 3.8) is 0 Å². The molecular formula is C17H30N2. The van der Waals surface area contributed by atoms with Gasteiger partial charge in [0.15, 0.2) is 0 Å². The van der Waals surface area contributed by atoms with Crippen LogP contribution in [0.15, 0.2) is 24.3 Å². The second-order valence-corrected chi connectivity index (χ2v) is 6.40. The van der Waals surface area contributed by atoms with Crippen molar-refractivity contribution in [2.24, 2.45) is 17.6 Å². The van der Waals surface area contributed by atoms with Crippen molar-refractivity contribution >= 4 is 0 Å². The Morgan fingerprint density at radius 3 is 2.05 bits per heavy atom. The van der Waals surface area contributed by atoms with Crippen LogP contribution < -0.4 is 5.73 Å². The average Bonchev–Trinajstić information content (AvgIpc) is 2.35. The molecule has 0 aromatic heterocycles. The van der Waals surface area contributed by atoms with Gasteiger partial charge in [-0.15, -0.1) is 0 Å². The molecule has 2 atom stereocenters. The molecule has 2 N–H and O–H groups in total. The quantitative estimate of drug-likeness (QED) is 0.815. The van der Waals surface area contributed by atoms with Crippen LogP contribution in [0.25, 0.3) is 0 Å². The van der Waals surface area contributed by atoms with Crippen molar-refractivity contribution in [3.05, 3.63) is 35.4 Å². The Kier molecular flexibility index (Phi) is 6.53. The monoisotopic (exact) mass is 262 g/mol. The Morgan fingerprint density at radius 2 is 1.63 bits per heavy atom. The van der Waals surface area contributed by atoms with E-state index in [1.165, 1.54) is 11.1 Å². The summed E-state index contributed by atoms with van der Waals surface area (Å²) in [5.41, 5.74) is 8.59. The van der Waals surface area contributed by atoms with E-state index in [1.807, 2.05) is 0 Å². The minimum atomic E-state index is 0.464. The molecule has 0 aliphatic rings. The Balaban J connectivity index is 2.79. The molecule has 1 aromatic carbocycles. The maximum Gasteiger partial charge on any atom is 0.0345 e. The summed E-state index contributed by atoms with van der Waals surface area (Å²) in [6.07, 6.45) is 2.28. The molecule has 0 spiro atoms. The Bertz CT molecular complexity index is 354. The zero-order chi connectivity index (χ0) is 14.4. The summed E-state index contributed by atoms with van der Waals surface area (Å²) in [4.78, 5) is 2.30. The third-order valence-corrected chi connectivity index (χ3v) is 3.66. The molecule has 0 saturated heterocycles. The predicted molar refractivity (Wildman–Crippen MR) is 84.2 cm³/mol. The molecule has 0 aliphatic heterocycles. The largest absolute Gasteiger partial charge is 0.330 e. The van der Waals surface area contributed by atoms with Crippen LogP contribution in [-0.4, -0.2) is 25.5 Å². The summed E-state index contributed by atoms with van der Waals surface area (Å²) in [6.45, 7) is 7.51. The number of benzene rings is 1. The van der Waals surface area contributed by atoms with Gasteiger partial charge in [0.25, 0.3) is 0 Å². The Morgan fingerprint density at radius 1 is 1.05 bits per heavy atom. The average molecular weight is 262 g/mol. The van der Waals surface area contributed by atoms with E-state index in [2.05, 4.69) is 64.0 Å². The Labute approximate surface area is 119 Å². The first kappa shape index (κ1) is 16.2. The predicted octanol–water partition coefficient (Wildman–Crippen LogP) is 3.47. The molecule has 108 valence electrons. The molecule has 0 fully saturated rings. The van der Waals surface area contributed by atoms with Crippen molar-refractivity contribution < 1.29 is 0 Å². The zero-order valence-electron chi connectivity index (χ0n) is 13.2. The third kappa shape index (κ3) is 5.33. The molecule has 1 rings (SSSR count). The molecule has 0 amide bonds. The maximum atomic E-state index is 5.76. The van der Waals surface area contributed by atoms with Crippen LogP contribution in [0, 0.1) is 11.8 Å². The summed E-state index contributed by atoms with van der Waals surface area (Å²) >= 11 is 0. The van der Waals surface area contributed by atoms with Gasteiger partial charge in [-0.2, -0.15) is 0 Å². The molecule has 0 aliphatic carbocycles. The molecular weight excluding hydrogens is 232 g/mol. The number of rotatable bonds is 7. The fourth-order valence-electron chi connectivity index (χ4n) is 2.47. The molecule has 2 unspecified atom stereocenters. The summed E-state index contributed by atoms with van der Waals surface area (Å²) in [6, 6.07) is 9.58. The van der Waals surface area contributed by atoms with Crippen molar-refractivity contribution in [1.29, 1.82) is 0 Å². The van der Waals surface area contributed by atoms with Crippen molar-refractivity contribution in [2.45, 2.75) is 39.7 Å². The van der Waals surface area contributed by atoms with E-state index in [4.69, 9.17) is 5.73 Å². The van der Waals surface area contributed by atoms with Crippen LogP contribution in [-0.2, 0) is 6.42 Å². The normalized spacial score (nSPS) is 14.9. The van der Waals surface area contributed by atoms with Gasteiger partial charge in [-0.3, -0.25) is 0 Å². The van der Waals surface area contributed by atoms with E-state index < -0.39 is 0 Å². The first-order valence-corrected chi connectivity index (χ1v) is 7.39. The van der Waals surface area contributed by atoms with Crippen molar-refractivity contribution in [1.82, 2.24) is 4.90 Å². The lowest BCUT2D eigenvalue weighted by atomic mass is 9.93. The first-order chi connectivity index (χ1) is 8.93. The molecule has 2 nitrogen and oxygen atoms in total. The Hall–Kier alpha value is -0.860. The smallest absolute Gasteiger partial charge is 0.0345 e. The number of hydrogen-bond acceptors (Lipinski definition) is 2. The second-order valence-electron chi connectivity index (χ2n) is 6.40. The van der Waals surface area contributed by atoms with E-state index in [0.29, 0.717) is 17.9 Å². The highest BCUT2D eigenvalue weighted by Gasteiger charge is 2.16. The number of hydrogen-bond donors (Lipinski definition) is 1. The van der Waals surface area contributed by atoms with Gasteiger partial charge in [0.2, 0.25) is 0 Å². The lowest BCUT2D eigenvalue weighted by Crippen LogP contribution is -2.24. The third-order valence-electron chi connectivity index (χ3n) is 3.66. The van der Waals surface area contributed by atoms with Crippen LogP contribution in [0.1, 0.15) is 44.4 Å². The van der Waals surface area contributed by atoms with E-state index in [1.54, 1.807) is 0 Å². The van der Waals surface area contributed by atoms with Gasteiger partial charge in [-0.1, -0.05) is 45.0 Å². The molecule has 2 heteroatoms. The molecule has 0 bridgehead atoms. The van der Waals surface area contributed by atoms with Crippen molar-refractivity contribution in [2.75, 3.05) is 20.6 Å². The van der Waals surface area contributed by atoms with Crippen LogP contribution in [0.4, 0.5) is 0 Å². The highest BCUT2D eigenvalue weighted by molar-refractivity contribution is 5.25. The molecule has 0 radical (unpaired) electrons. The van der Waals surface area contributed by atoms with E-state index in [-0.39, 0.29) is 0 Å². The van der Waals surface area contributed by atoms with Crippen LogP contribution in [0.5, 0.6) is 0 Å². The van der Waals surface area contributed by atoms with Gasteiger partial charge >= 0.3 is 0 Å². The lowest BCUT2D eigenvalue weighted by Gasteiger charge is -2.27. The standard InChI is InChI=1S/C17H30N2/c1-13(2)10-15-6-8-16(9-7-15)17(19(4)5)11-14(3)12-18/h6-9,13-14,17H,10-12,18H2,1-5H3. The topological polar surface area (TPSA) is 29.3 Å². The number of nitrogens with zero attached hydrogens (tertiary/aromatic N) is 1. The van der Waals surface area contributed by atoms with Crippen LogP contribution in [0.3, 0.4) is 0 Å². The molecule has 1 aromatic rings. The van der Waals surface area contributed by atoms with Gasteiger partial charge in [0.05, 0.1) is 0 Å². The summed E-state index contributed by atoms with van der Waals surface area (Å²) < 4.78 is 0. The zero-order valence-corrected chi connectivity index (χ0v) is 13.2.